The van der Waals surface area contributed by atoms with E-state index in [2.05, 4.69) is 62.5 Å². The lowest BCUT2D eigenvalue weighted by Crippen LogP contribution is -2.45. The highest BCUT2D eigenvalue weighted by molar-refractivity contribution is 7.22. The number of phenols is 1. The summed E-state index contributed by atoms with van der Waals surface area (Å²) in [4.78, 5) is 15.0. The van der Waals surface area contributed by atoms with Crippen LogP contribution in [0.4, 0.5) is 11.5 Å². The Balaban J connectivity index is 1.30. The summed E-state index contributed by atoms with van der Waals surface area (Å²) in [6.45, 7) is 5.77. The molecule has 1 aliphatic rings. The van der Waals surface area contributed by atoms with Crippen LogP contribution < -0.4 is 5.32 Å². The monoisotopic (exact) mass is 445 g/mol. The molecular formula is C25H27N5OS. The van der Waals surface area contributed by atoms with Crippen molar-refractivity contribution < 1.29 is 5.11 Å². The Morgan fingerprint density at radius 3 is 2.59 bits per heavy atom. The number of phenolic OH excluding ortho intramolecular Hbond substituents is 1. The second kappa shape index (κ2) is 9.24. The summed E-state index contributed by atoms with van der Waals surface area (Å²) in [5.74, 6) is 0.973. The van der Waals surface area contributed by atoms with Crippen molar-refractivity contribution in [2.24, 2.45) is 0 Å². The van der Waals surface area contributed by atoms with Crippen molar-refractivity contribution >= 4 is 33.1 Å². The van der Waals surface area contributed by atoms with E-state index in [0.717, 1.165) is 60.9 Å². The summed E-state index contributed by atoms with van der Waals surface area (Å²) in [7, 11) is 2.20. The molecule has 1 fully saturated rings. The van der Waals surface area contributed by atoms with Crippen LogP contribution in [0, 0.1) is 0 Å². The van der Waals surface area contributed by atoms with E-state index in [-0.39, 0.29) is 5.75 Å². The first-order valence-electron chi connectivity index (χ1n) is 10.9. The highest BCUT2D eigenvalue weighted by Crippen LogP contribution is 2.36. The zero-order valence-corrected chi connectivity index (χ0v) is 19.0. The van der Waals surface area contributed by atoms with Crippen molar-refractivity contribution in [2.75, 3.05) is 45.1 Å². The fraction of sp³-hybridized carbons (Fsp3) is 0.280. The lowest BCUT2D eigenvalue weighted by molar-refractivity contribution is 0.155. The van der Waals surface area contributed by atoms with Crippen LogP contribution in [0.3, 0.4) is 0 Å². The average molecular weight is 446 g/mol. The molecule has 0 radical (unpaired) electrons. The number of likely N-dealkylation sites (N-methyl/N-ethyl adjacent to an activating group) is 1. The lowest BCUT2D eigenvalue weighted by Gasteiger charge is -2.32. The van der Waals surface area contributed by atoms with Crippen LogP contribution in [0.2, 0.25) is 0 Å². The zero-order chi connectivity index (χ0) is 21.9. The van der Waals surface area contributed by atoms with Gasteiger partial charge in [-0.1, -0.05) is 30.3 Å². The molecule has 164 valence electrons. The molecule has 1 saturated heterocycles. The predicted octanol–water partition coefficient (Wildman–Crippen LogP) is 4.60. The van der Waals surface area contributed by atoms with Gasteiger partial charge in [0.1, 0.15) is 12.1 Å². The molecule has 0 saturated carbocycles. The number of piperazine rings is 1. The Hall–Kier alpha value is -3.00. The Morgan fingerprint density at radius 2 is 1.81 bits per heavy atom. The molecule has 0 aliphatic carbocycles. The molecule has 32 heavy (non-hydrogen) atoms. The Bertz CT molecular complexity index is 1200. The summed E-state index contributed by atoms with van der Waals surface area (Å²) in [6.07, 6.45) is 2.66. The molecule has 2 N–H and O–H groups in total. The smallest absolute Gasteiger partial charge is 0.151 e. The minimum atomic E-state index is 0.222. The first kappa shape index (κ1) is 20.9. The van der Waals surface area contributed by atoms with Gasteiger partial charge in [-0.05, 0) is 42.8 Å². The molecule has 0 spiro atoms. The van der Waals surface area contributed by atoms with Gasteiger partial charge in [-0.15, -0.1) is 11.3 Å². The van der Waals surface area contributed by atoms with E-state index in [9.17, 15) is 5.11 Å². The molecule has 6 nitrogen and oxygen atoms in total. The number of benzene rings is 2. The second-order valence-electron chi connectivity index (χ2n) is 8.31. The van der Waals surface area contributed by atoms with E-state index in [1.807, 2.05) is 6.07 Å². The first-order valence-corrected chi connectivity index (χ1v) is 11.8. The van der Waals surface area contributed by atoms with Crippen molar-refractivity contribution in [3.8, 4) is 16.2 Å². The Kier molecular flexibility index (Phi) is 6.03. The van der Waals surface area contributed by atoms with E-state index in [4.69, 9.17) is 0 Å². The number of aromatic nitrogens is 2. The van der Waals surface area contributed by atoms with Crippen LogP contribution in [0.25, 0.3) is 20.7 Å². The maximum absolute atomic E-state index is 9.73. The van der Waals surface area contributed by atoms with Gasteiger partial charge in [0.2, 0.25) is 0 Å². The number of nitrogens with zero attached hydrogens (tertiary/aromatic N) is 4. The third kappa shape index (κ3) is 4.75. The van der Waals surface area contributed by atoms with Crippen LogP contribution >= 0.6 is 11.3 Å². The van der Waals surface area contributed by atoms with Crippen LogP contribution in [-0.4, -0.2) is 64.6 Å². The summed E-state index contributed by atoms with van der Waals surface area (Å²) in [5, 5.41) is 13.0. The van der Waals surface area contributed by atoms with Crippen molar-refractivity contribution in [1.82, 2.24) is 19.8 Å². The van der Waals surface area contributed by atoms with Crippen molar-refractivity contribution in [2.45, 2.75) is 6.42 Å². The van der Waals surface area contributed by atoms with Crippen LogP contribution in [-0.2, 0) is 6.42 Å². The number of hydrogen-bond donors (Lipinski definition) is 2. The molecule has 4 aromatic rings. The summed E-state index contributed by atoms with van der Waals surface area (Å²) >= 11 is 1.68. The molecule has 3 heterocycles. The van der Waals surface area contributed by atoms with E-state index < -0.39 is 0 Å². The number of nitrogens with one attached hydrogen (secondary N) is 1. The molecule has 0 bridgehead atoms. The number of anilines is 2. The molecule has 2 aromatic carbocycles. The largest absolute Gasteiger partial charge is 0.508 e. The molecule has 0 unspecified atom stereocenters. The highest BCUT2D eigenvalue weighted by Gasteiger charge is 2.14. The molecular weight excluding hydrogens is 418 g/mol. The quantitative estimate of drug-likeness (QED) is 0.452. The van der Waals surface area contributed by atoms with Gasteiger partial charge in [0.15, 0.2) is 5.82 Å². The number of fused-ring (bicyclic) bond motifs is 1. The fourth-order valence-electron chi connectivity index (χ4n) is 4.00. The zero-order valence-electron chi connectivity index (χ0n) is 18.2. The maximum Gasteiger partial charge on any atom is 0.151 e. The van der Waals surface area contributed by atoms with Gasteiger partial charge in [0.05, 0.1) is 10.2 Å². The number of thiophene rings is 1. The Labute approximate surface area is 192 Å². The van der Waals surface area contributed by atoms with Gasteiger partial charge >= 0.3 is 0 Å². The van der Waals surface area contributed by atoms with Gasteiger partial charge in [-0.25, -0.2) is 9.97 Å². The summed E-state index contributed by atoms with van der Waals surface area (Å²) in [5.41, 5.74) is 4.28. The van der Waals surface area contributed by atoms with Gasteiger partial charge in [0, 0.05) is 49.4 Å². The van der Waals surface area contributed by atoms with Crippen molar-refractivity contribution in [1.29, 1.82) is 0 Å². The van der Waals surface area contributed by atoms with Gasteiger partial charge in [-0.3, -0.25) is 0 Å². The third-order valence-corrected chi connectivity index (χ3v) is 7.15. The summed E-state index contributed by atoms with van der Waals surface area (Å²) < 4.78 is 1.00. The normalized spacial score (nSPS) is 15.3. The minimum absolute atomic E-state index is 0.222. The SMILES string of the molecule is CN1CCN(CCc2ccc(-c3cc4ncnc(Nc5cccc(O)c5)c4s3)cc2)CC1. The molecule has 2 aromatic heterocycles. The van der Waals surface area contributed by atoms with Crippen molar-refractivity contribution in [3.05, 3.63) is 66.5 Å². The topological polar surface area (TPSA) is 64.5 Å². The summed E-state index contributed by atoms with van der Waals surface area (Å²) in [6, 6.07) is 18.1. The van der Waals surface area contributed by atoms with Crippen molar-refractivity contribution in [3.63, 3.8) is 0 Å². The van der Waals surface area contributed by atoms with Crippen LogP contribution in [0.1, 0.15) is 5.56 Å². The van der Waals surface area contributed by atoms with Gasteiger partial charge in [-0.2, -0.15) is 0 Å². The van der Waals surface area contributed by atoms with Gasteiger partial charge in [0.25, 0.3) is 0 Å². The third-order valence-electron chi connectivity index (χ3n) is 5.97. The van der Waals surface area contributed by atoms with Crippen LogP contribution in [0.5, 0.6) is 5.75 Å². The highest BCUT2D eigenvalue weighted by atomic mass is 32.1. The van der Waals surface area contributed by atoms with E-state index in [1.165, 1.54) is 16.0 Å². The standard InChI is InChI=1S/C25H27N5OS/c1-29-11-13-30(14-12-29)10-9-18-5-7-19(8-6-18)23-16-22-24(32-23)25(27-17-26-22)28-20-3-2-4-21(31)15-20/h2-8,15-17,31H,9-14H2,1H3,(H,26,27,28). The van der Waals surface area contributed by atoms with E-state index in [0.29, 0.717) is 0 Å². The first-order chi connectivity index (χ1) is 15.6. The predicted molar refractivity (Wildman–Crippen MR) is 132 cm³/mol. The molecule has 0 amide bonds. The van der Waals surface area contributed by atoms with Crippen LogP contribution in [0.15, 0.2) is 60.9 Å². The Morgan fingerprint density at radius 1 is 1.00 bits per heavy atom. The fourth-order valence-corrected chi connectivity index (χ4v) is 5.06. The van der Waals surface area contributed by atoms with E-state index in [1.54, 1.807) is 35.9 Å². The lowest BCUT2D eigenvalue weighted by atomic mass is 10.1. The number of aromatic hydroxyl groups is 1. The average Bonchev–Trinajstić information content (AvgIpc) is 3.25. The number of hydrogen-bond acceptors (Lipinski definition) is 7. The van der Waals surface area contributed by atoms with E-state index >= 15 is 0 Å². The molecule has 7 heteroatoms. The van der Waals surface area contributed by atoms with Gasteiger partial charge < -0.3 is 20.2 Å². The number of rotatable bonds is 6. The molecule has 1 aliphatic heterocycles. The minimum Gasteiger partial charge on any atom is -0.508 e. The molecule has 0 atom stereocenters. The molecule has 5 rings (SSSR count). The maximum atomic E-state index is 9.73. The second-order valence-corrected chi connectivity index (χ2v) is 9.37.